The summed E-state index contributed by atoms with van der Waals surface area (Å²) in [5.41, 5.74) is 5.41. The van der Waals surface area contributed by atoms with Gasteiger partial charge in [-0.25, -0.2) is 0 Å². The minimum atomic E-state index is -0.616. The van der Waals surface area contributed by atoms with Crippen LogP contribution in [0.15, 0.2) is 0 Å². The first-order valence-electron chi connectivity index (χ1n) is 3.71. The molecule has 0 aliphatic carbocycles. The Hall–Kier alpha value is 2.57. The summed E-state index contributed by atoms with van der Waals surface area (Å²) in [5.74, 6) is -0.119. The van der Waals surface area contributed by atoms with Crippen LogP contribution in [0.25, 0.3) is 0 Å². The topological polar surface area (TPSA) is 60.2 Å². The molecule has 0 aliphatic rings. The summed E-state index contributed by atoms with van der Waals surface area (Å²) < 4.78 is 0. The second-order valence-corrected chi connectivity index (χ2v) is 2.42. The van der Waals surface area contributed by atoms with Crippen LogP contribution in [0.1, 0.15) is 26.2 Å². The van der Waals surface area contributed by atoms with Gasteiger partial charge in [0.1, 0.15) is 11.6 Å². The molecule has 0 heterocycles. The fourth-order valence-corrected chi connectivity index (χ4v) is 0.723. The molecule has 1 atom stereocenters. The first kappa shape index (κ1) is 20.9. The van der Waals surface area contributed by atoms with Gasteiger partial charge in [0.25, 0.3) is 0 Å². The van der Waals surface area contributed by atoms with E-state index in [-0.39, 0.29) is 127 Å². The van der Waals surface area contributed by atoms with Gasteiger partial charge in [-0.05, 0) is 0 Å². The third-order valence-corrected chi connectivity index (χ3v) is 1.49. The van der Waals surface area contributed by atoms with Crippen LogP contribution in [0.3, 0.4) is 0 Å². The van der Waals surface area contributed by atoms with Crippen molar-refractivity contribution in [2.45, 2.75) is 32.2 Å². The Bertz CT molecular complexity index is 162. The molecule has 1 unspecified atom stereocenters. The summed E-state index contributed by atoms with van der Waals surface area (Å²) in [5, 5.41) is 0. The zero-order valence-electron chi connectivity index (χ0n) is 8.80. The number of nitrogens with two attached hydrogens (primary N) is 1. The number of hydrogen-bond donors (Lipinski definition) is 1. The number of Topliss-reactive ketones (excluding diaryl/α,β-unsaturated/α-hetero) is 2. The second kappa shape index (κ2) is 12.6. The zero-order valence-corrected chi connectivity index (χ0v) is 15.0. The summed E-state index contributed by atoms with van der Waals surface area (Å²) in [4.78, 5) is 21.6. The number of carbonyl (C=O) groups excluding carboxylic acids is 2. The van der Waals surface area contributed by atoms with Crippen LogP contribution in [-0.2, 0) is 9.59 Å². The Balaban J connectivity index is -0.000000500. The van der Waals surface area contributed by atoms with Crippen molar-refractivity contribution in [2.75, 3.05) is 0 Å². The number of rotatable bonds is 5. The predicted molar refractivity (Wildman–Crippen MR) is 42.9 cm³/mol. The van der Waals surface area contributed by atoms with Crippen LogP contribution in [0.2, 0.25) is 0 Å². The molecule has 0 rings (SSSR count). The Morgan fingerprint density at radius 2 is 1.85 bits per heavy atom. The minimum absolute atomic E-state index is 0. The molecule has 0 amide bonds. The van der Waals surface area contributed by atoms with Crippen molar-refractivity contribution in [1.82, 2.24) is 0 Å². The first-order valence-corrected chi connectivity index (χ1v) is 3.71. The standard InChI is InChI=1S/C8H14NO2.2K/c1-3-6(10)5-7(9)8(11)4-2;;/h7H,1,3-5,9H2,2H3;;/q-1;2*+1. The van der Waals surface area contributed by atoms with Crippen LogP contribution in [0, 0.1) is 6.92 Å². The van der Waals surface area contributed by atoms with E-state index in [4.69, 9.17) is 5.73 Å². The van der Waals surface area contributed by atoms with Gasteiger partial charge in [0, 0.05) is 12.8 Å². The molecule has 0 saturated carbocycles. The number of ketones is 2. The van der Waals surface area contributed by atoms with Crippen molar-refractivity contribution in [3.05, 3.63) is 6.92 Å². The summed E-state index contributed by atoms with van der Waals surface area (Å²) >= 11 is 0. The average molecular weight is 234 g/mol. The van der Waals surface area contributed by atoms with E-state index in [0.29, 0.717) is 6.42 Å². The summed E-state index contributed by atoms with van der Waals surface area (Å²) in [7, 11) is 0. The number of hydrogen-bond acceptors (Lipinski definition) is 3. The Labute approximate surface area is 165 Å². The normalized spacial score (nSPS) is 10.7. The molecule has 0 aromatic heterocycles. The van der Waals surface area contributed by atoms with Gasteiger partial charge in [-0.15, -0.1) is 6.42 Å². The van der Waals surface area contributed by atoms with E-state index >= 15 is 0 Å². The molecule has 0 fully saturated rings. The minimum Gasteiger partial charge on any atom is -0.336 e. The summed E-state index contributed by atoms with van der Waals surface area (Å²) in [6.07, 6.45) is 0.743. The third-order valence-electron chi connectivity index (χ3n) is 1.49. The molecule has 0 aromatic carbocycles. The molecule has 64 valence electrons. The van der Waals surface area contributed by atoms with Crippen molar-refractivity contribution < 1.29 is 112 Å². The quantitative estimate of drug-likeness (QED) is 0.381. The van der Waals surface area contributed by atoms with Crippen molar-refractivity contribution in [3.63, 3.8) is 0 Å². The largest absolute Gasteiger partial charge is 1.00 e. The second-order valence-electron chi connectivity index (χ2n) is 2.42. The Morgan fingerprint density at radius 1 is 1.38 bits per heavy atom. The molecular weight excluding hydrogens is 220 g/mol. The molecule has 0 spiro atoms. The Morgan fingerprint density at radius 3 is 2.15 bits per heavy atom. The first-order chi connectivity index (χ1) is 5.11. The molecule has 2 N–H and O–H groups in total. The van der Waals surface area contributed by atoms with Gasteiger partial charge in [-0.1, -0.05) is 6.92 Å². The van der Waals surface area contributed by atoms with E-state index in [9.17, 15) is 9.59 Å². The van der Waals surface area contributed by atoms with E-state index in [1.54, 1.807) is 6.92 Å². The molecule has 0 aliphatic heterocycles. The third kappa shape index (κ3) is 10.8. The SMILES string of the molecule is [CH2-]CC(=O)CC(N)C(=O)CC.[K+].[K+]. The monoisotopic (exact) mass is 234 g/mol. The van der Waals surface area contributed by atoms with Crippen molar-refractivity contribution in [2.24, 2.45) is 5.73 Å². The molecule has 13 heavy (non-hydrogen) atoms. The van der Waals surface area contributed by atoms with Gasteiger partial charge in [0.05, 0.1) is 6.04 Å². The van der Waals surface area contributed by atoms with Crippen molar-refractivity contribution >= 4 is 11.6 Å². The molecular formula is C8H14K2NO2+. The van der Waals surface area contributed by atoms with Gasteiger partial charge in [-0.2, -0.15) is 0 Å². The maximum absolute atomic E-state index is 10.9. The van der Waals surface area contributed by atoms with Crippen molar-refractivity contribution in [1.29, 1.82) is 0 Å². The molecule has 0 bridgehead atoms. The van der Waals surface area contributed by atoms with Crippen molar-refractivity contribution in [3.8, 4) is 0 Å². The molecule has 0 aromatic rings. The van der Waals surface area contributed by atoms with E-state index < -0.39 is 6.04 Å². The van der Waals surface area contributed by atoms with Crippen LogP contribution in [0.4, 0.5) is 0 Å². The summed E-state index contributed by atoms with van der Waals surface area (Å²) in [6.45, 7) is 5.14. The smallest absolute Gasteiger partial charge is 0.336 e. The molecule has 5 heteroatoms. The molecule has 0 radical (unpaired) electrons. The Kier molecular flexibility index (Phi) is 20.3. The average Bonchev–Trinajstić information content (AvgIpc) is 2.02. The predicted octanol–water partition coefficient (Wildman–Crippen LogP) is -5.52. The van der Waals surface area contributed by atoms with Gasteiger partial charge >= 0.3 is 103 Å². The number of carbonyl (C=O) groups is 2. The van der Waals surface area contributed by atoms with E-state index in [1.807, 2.05) is 0 Å². The van der Waals surface area contributed by atoms with Crippen LogP contribution in [-0.4, -0.2) is 17.6 Å². The maximum Gasteiger partial charge on any atom is 1.00 e. The van der Waals surface area contributed by atoms with Gasteiger partial charge in [0.15, 0.2) is 0 Å². The van der Waals surface area contributed by atoms with Crippen LogP contribution >= 0.6 is 0 Å². The van der Waals surface area contributed by atoms with Gasteiger partial charge in [0.2, 0.25) is 0 Å². The summed E-state index contributed by atoms with van der Waals surface area (Å²) in [6, 6.07) is -0.616. The maximum atomic E-state index is 10.9. The van der Waals surface area contributed by atoms with E-state index in [0.717, 1.165) is 0 Å². The molecule has 3 nitrogen and oxygen atoms in total. The van der Waals surface area contributed by atoms with E-state index in [2.05, 4.69) is 6.92 Å². The van der Waals surface area contributed by atoms with Crippen LogP contribution in [0.5, 0.6) is 0 Å². The van der Waals surface area contributed by atoms with Crippen LogP contribution < -0.4 is 109 Å². The van der Waals surface area contributed by atoms with Gasteiger partial charge in [-0.3, -0.25) is 4.79 Å². The fourth-order valence-electron chi connectivity index (χ4n) is 0.723. The van der Waals surface area contributed by atoms with E-state index in [1.165, 1.54) is 0 Å². The zero-order chi connectivity index (χ0) is 8.85. The fraction of sp³-hybridized carbons (Fsp3) is 0.625. The van der Waals surface area contributed by atoms with Gasteiger partial charge < -0.3 is 17.5 Å². The molecule has 0 saturated heterocycles.